The van der Waals surface area contributed by atoms with Crippen molar-refractivity contribution < 1.29 is 27.2 Å². The quantitative estimate of drug-likeness (QED) is 0.744. The Morgan fingerprint density at radius 3 is 2.56 bits per heavy atom. The van der Waals surface area contributed by atoms with Gasteiger partial charge in [-0.1, -0.05) is 12.1 Å². The topological polar surface area (TPSA) is 106 Å². The van der Waals surface area contributed by atoms with Gasteiger partial charge in [-0.25, -0.2) is 13.2 Å². The van der Waals surface area contributed by atoms with Crippen molar-refractivity contribution in [3.05, 3.63) is 54.0 Å². The minimum Gasteiger partial charge on any atom is -0.467 e. The Balaban J connectivity index is 1.97. The molecule has 0 saturated heterocycles. The Morgan fingerprint density at radius 1 is 1.20 bits per heavy atom. The summed E-state index contributed by atoms with van der Waals surface area (Å²) in [6.07, 6.45) is 2.47. The fourth-order valence-corrected chi connectivity index (χ4v) is 2.57. The number of carbonyl (C=O) groups excluding carboxylic acids is 2. The maximum Gasteiger partial charge on any atom is 0.340 e. The minimum atomic E-state index is -3.55. The van der Waals surface area contributed by atoms with Gasteiger partial charge in [0.15, 0.2) is 6.61 Å². The number of anilines is 1. The van der Waals surface area contributed by atoms with E-state index in [0.29, 0.717) is 5.76 Å². The highest BCUT2D eigenvalue weighted by molar-refractivity contribution is 7.92. The monoisotopic (exact) mass is 366 g/mol. The Hall–Kier alpha value is -2.81. The van der Waals surface area contributed by atoms with Gasteiger partial charge in [-0.05, 0) is 24.3 Å². The lowest BCUT2D eigenvalue weighted by atomic mass is 10.2. The van der Waals surface area contributed by atoms with Gasteiger partial charge in [0.1, 0.15) is 5.76 Å². The molecule has 0 aliphatic heterocycles. The number of benzene rings is 1. The highest BCUT2D eigenvalue weighted by atomic mass is 32.2. The van der Waals surface area contributed by atoms with Gasteiger partial charge in [0, 0.05) is 7.05 Å². The highest BCUT2D eigenvalue weighted by Crippen LogP contribution is 2.17. The number of ether oxygens (including phenoxy) is 1. The van der Waals surface area contributed by atoms with E-state index in [4.69, 9.17) is 9.15 Å². The molecule has 1 aromatic heterocycles. The second-order valence-corrected chi connectivity index (χ2v) is 7.07. The smallest absolute Gasteiger partial charge is 0.340 e. The predicted octanol–water partition coefficient (Wildman–Crippen LogP) is 1.47. The van der Waals surface area contributed by atoms with Crippen LogP contribution in [0.15, 0.2) is 47.1 Å². The van der Waals surface area contributed by atoms with Gasteiger partial charge in [-0.2, -0.15) is 0 Å². The summed E-state index contributed by atoms with van der Waals surface area (Å²) in [5.74, 6) is -0.616. The Morgan fingerprint density at radius 2 is 1.92 bits per heavy atom. The van der Waals surface area contributed by atoms with Crippen LogP contribution in [0.1, 0.15) is 16.1 Å². The van der Waals surface area contributed by atoms with Crippen molar-refractivity contribution in [1.29, 1.82) is 0 Å². The molecule has 0 bridgehead atoms. The Labute approximate surface area is 145 Å². The van der Waals surface area contributed by atoms with Crippen LogP contribution in [0, 0.1) is 0 Å². The summed E-state index contributed by atoms with van der Waals surface area (Å²) in [6, 6.07) is 9.42. The van der Waals surface area contributed by atoms with Crippen LogP contribution in [0.3, 0.4) is 0 Å². The number of carbonyl (C=O) groups is 2. The molecule has 1 heterocycles. The maximum absolute atomic E-state index is 12.1. The lowest BCUT2D eigenvalue weighted by molar-refractivity contribution is -0.133. The first-order valence-electron chi connectivity index (χ1n) is 7.26. The van der Waals surface area contributed by atoms with E-state index in [0.717, 1.165) is 6.26 Å². The molecular weight excluding hydrogens is 348 g/mol. The molecule has 0 fully saturated rings. The molecule has 8 nitrogen and oxygen atoms in total. The van der Waals surface area contributed by atoms with Gasteiger partial charge >= 0.3 is 5.97 Å². The van der Waals surface area contributed by atoms with Gasteiger partial charge in [0.05, 0.1) is 30.3 Å². The summed E-state index contributed by atoms with van der Waals surface area (Å²) in [7, 11) is -2.00. The van der Waals surface area contributed by atoms with Crippen LogP contribution in [0.2, 0.25) is 0 Å². The molecule has 0 radical (unpaired) electrons. The molecule has 0 aliphatic rings. The van der Waals surface area contributed by atoms with Crippen molar-refractivity contribution >= 4 is 27.6 Å². The molecule has 25 heavy (non-hydrogen) atoms. The third-order valence-corrected chi connectivity index (χ3v) is 3.76. The molecular formula is C16H18N2O6S. The van der Waals surface area contributed by atoms with Crippen molar-refractivity contribution in [3.63, 3.8) is 0 Å². The fraction of sp³-hybridized carbons (Fsp3) is 0.250. The van der Waals surface area contributed by atoms with E-state index in [9.17, 15) is 18.0 Å². The minimum absolute atomic E-state index is 0.0226. The van der Waals surface area contributed by atoms with Crippen molar-refractivity contribution in [2.45, 2.75) is 6.54 Å². The van der Waals surface area contributed by atoms with Crippen molar-refractivity contribution in [2.24, 2.45) is 0 Å². The normalized spacial score (nSPS) is 11.0. The molecule has 9 heteroatoms. The third kappa shape index (κ3) is 5.64. The number of esters is 1. The molecule has 0 atom stereocenters. The van der Waals surface area contributed by atoms with Gasteiger partial charge in [-0.3, -0.25) is 9.52 Å². The number of rotatable bonds is 7. The first-order valence-corrected chi connectivity index (χ1v) is 9.15. The number of amides is 1. The number of furan rings is 1. The van der Waals surface area contributed by atoms with E-state index < -0.39 is 28.5 Å². The summed E-state index contributed by atoms with van der Waals surface area (Å²) in [5, 5.41) is 0. The molecule has 134 valence electrons. The van der Waals surface area contributed by atoms with Crippen LogP contribution in [-0.2, 0) is 26.1 Å². The van der Waals surface area contributed by atoms with Crippen molar-refractivity contribution in [3.8, 4) is 0 Å². The van der Waals surface area contributed by atoms with Gasteiger partial charge in [0.25, 0.3) is 5.91 Å². The van der Waals surface area contributed by atoms with Crippen LogP contribution in [0.25, 0.3) is 0 Å². The second-order valence-electron chi connectivity index (χ2n) is 5.33. The molecule has 1 aromatic carbocycles. The molecule has 0 unspecified atom stereocenters. The number of likely N-dealkylation sites (N-methyl/N-ethyl adjacent to an activating group) is 1. The first kappa shape index (κ1) is 18.5. The fourth-order valence-electron chi connectivity index (χ4n) is 1.99. The summed E-state index contributed by atoms with van der Waals surface area (Å²) in [4.78, 5) is 25.5. The zero-order valence-electron chi connectivity index (χ0n) is 13.8. The lowest BCUT2D eigenvalue weighted by Crippen LogP contribution is -2.30. The zero-order valence-corrected chi connectivity index (χ0v) is 14.6. The molecule has 0 saturated carbocycles. The van der Waals surface area contributed by atoms with Crippen LogP contribution >= 0.6 is 0 Å². The number of hydrogen-bond acceptors (Lipinski definition) is 6. The van der Waals surface area contributed by atoms with Gasteiger partial charge in [0.2, 0.25) is 10.0 Å². The molecule has 0 spiro atoms. The van der Waals surface area contributed by atoms with Crippen molar-refractivity contribution in [2.75, 3.05) is 24.6 Å². The SMILES string of the molecule is CN(Cc1ccco1)C(=O)COC(=O)c1ccccc1NS(C)(=O)=O. The highest BCUT2D eigenvalue weighted by Gasteiger charge is 2.18. The van der Waals surface area contributed by atoms with Crippen LogP contribution in [-0.4, -0.2) is 45.1 Å². The standard InChI is InChI=1S/C16H18N2O6S/c1-18(10-12-6-5-9-23-12)15(19)11-24-16(20)13-7-3-4-8-14(13)17-25(2,21)22/h3-9,17H,10-11H2,1-2H3. The third-order valence-electron chi connectivity index (χ3n) is 3.17. The molecule has 2 aromatic rings. The molecule has 1 amide bonds. The van der Waals surface area contributed by atoms with E-state index in [1.165, 1.54) is 23.3 Å². The Bertz CT molecular complexity index is 845. The van der Waals surface area contributed by atoms with Crippen LogP contribution in [0.4, 0.5) is 5.69 Å². The van der Waals surface area contributed by atoms with Crippen molar-refractivity contribution in [1.82, 2.24) is 4.90 Å². The average molecular weight is 366 g/mol. The van der Waals surface area contributed by atoms with Gasteiger partial charge in [-0.15, -0.1) is 0 Å². The summed E-state index contributed by atoms with van der Waals surface area (Å²) < 4.78 is 35.1. The number of nitrogens with one attached hydrogen (secondary N) is 1. The average Bonchev–Trinajstić information content (AvgIpc) is 3.04. The molecule has 2 rings (SSSR count). The van der Waals surface area contributed by atoms with Crippen LogP contribution < -0.4 is 4.72 Å². The molecule has 1 N–H and O–H groups in total. The summed E-state index contributed by atoms with van der Waals surface area (Å²) in [6.45, 7) is -0.223. The largest absolute Gasteiger partial charge is 0.467 e. The van der Waals surface area contributed by atoms with E-state index in [2.05, 4.69) is 4.72 Å². The number of hydrogen-bond donors (Lipinski definition) is 1. The summed E-state index contributed by atoms with van der Waals surface area (Å²) in [5.41, 5.74) is 0.112. The van der Waals surface area contributed by atoms with E-state index in [1.54, 1.807) is 31.3 Å². The predicted molar refractivity (Wildman–Crippen MR) is 90.4 cm³/mol. The van der Waals surface area contributed by atoms with Gasteiger partial charge < -0.3 is 14.1 Å². The van der Waals surface area contributed by atoms with E-state index in [1.807, 2.05) is 0 Å². The zero-order chi connectivity index (χ0) is 18.4. The first-order chi connectivity index (χ1) is 11.8. The Kier molecular flexibility index (Phi) is 5.81. The number of nitrogens with zero attached hydrogens (tertiary/aromatic N) is 1. The summed E-state index contributed by atoms with van der Waals surface area (Å²) >= 11 is 0. The molecule has 0 aliphatic carbocycles. The van der Waals surface area contributed by atoms with E-state index in [-0.39, 0.29) is 17.8 Å². The maximum atomic E-state index is 12.1. The lowest BCUT2D eigenvalue weighted by Gasteiger charge is -2.16. The number of sulfonamides is 1. The van der Waals surface area contributed by atoms with Crippen LogP contribution in [0.5, 0.6) is 0 Å². The number of para-hydroxylation sites is 1. The van der Waals surface area contributed by atoms with E-state index >= 15 is 0 Å². The second kappa shape index (κ2) is 7.84.